The molecule has 0 aliphatic carbocycles. The number of rotatable bonds is 4. The third kappa shape index (κ3) is 3.88. The van der Waals surface area contributed by atoms with Gasteiger partial charge in [0, 0.05) is 10.7 Å². The van der Waals surface area contributed by atoms with Crippen molar-refractivity contribution in [2.75, 3.05) is 5.32 Å². The molecule has 1 aromatic rings. The Bertz CT molecular complexity index is 392. The first-order chi connectivity index (χ1) is 7.49. The molecule has 0 saturated heterocycles. The van der Waals surface area contributed by atoms with Crippen molar-refractivity contribution in [3.63, 3.8) is 0 Å². The molecule has 0 spiro atoms. The van der Waals surface area contributed by atoms with Crippen LogP contribution in [0, 0.1) is 0 Å². The topological polar surface area (TPSA) is 92.4 Å². The zero-order chi connectivity index (χ0) is 12.1. The lowest BCUT2D eigenvalue weighted by Crippen LogP contribution is -2.31. The summed E-state index contributed by atoms with van der Waals surface area (Å²) in [6.45, 7) is 0. The number of nitrogens with one attached hydrogen (secondary N) is 1. The summed E-state index contributed by atoms with van der Waals surface area (Å²) in [5.41, 5.74) is 5.33. The molecule has 0 heterocycles. The molecule has 4 N–H and O–H groups in total. The van der Waals surface area contributed by atoms with Crippen LogP contribution < -0.4 is 11.1 Å². The van der Waals surface area contributed by atoms with Crippen LogP contribution in [0.15, 0.2) is 24.3 Å². The molecule has 5 nitrogen and oxygen atoms in total. The number of aliphatic hydroxyl groups is 1. The number of amides is 2. The van der Waals surface area contributed by atoms with E-state index in [1.165, 1.54) is 0 Å². The van der Waals surface area contributed by atoms with Crippen LogP contribution in [0.1, 0.15) is 6.42 Å². The zero-order valence-corrected chi connectivity index (χ0v) is 9.07. The highest BCUT2D eigenvalue weighted by Gasteiger charge is 2.17. The van der Waals surface area contributed by atoms with Crippen LogP contribution in [0.5, 0.6) is 0 Å². The number of carbonyl (C=O) groups excluding carboxylic acids is 2. The van der Waals surface area contributed by atoms with Crippen molar-refractivity contribution in [1.82, 2.24) is 0 Å². The monoisotopic (exact) mass is 242 g/mol. The van der Waals surface area contributed by atoms with E-state index in [1.54, 1.807) is 24.3 Å². The third-order valence-corrected chi connectivity index (χ3v) is 2.06. The van der Waals surface area contributed by atoms with Gasteiger partial charge in [0.15, 0.2) is 0 Å². The largest absolute Gasteiger partial charge is 0.383 e. The van der Waals surface area contributed by atoms with Crippen LogP contribution in [0.3, 0.4) is 0 Å². The average Bonchev–Trinajstić information content (AvgIpc) is 2.20. The van der Waals surface area contributed by atoms with Crippen LogP contribution >= 0.6 is 11.6 Å². The lowest BCUT2D eigenvalue weighted by molar-refractivity contribution is -0.129. The van der Waals surface area contributed by atoms with Crippen molar-refractivity contribution >= 4 is 29.1 Å². The van der Waals surface area contributed by atoms with Gasteiger partial charge in [0.2, 0.25) is 5.91 Å². The minimum atomic E-state index is -1.44. The fourth-order valence-electron chi connectivity index (χ4n) is 1.04. The number of hydrogen-bond acceptors (Lipinski definition) is 3. The van der Waals surface area contributed by atoms with Gasteiger partial charge < -0.3 is 16.2 Å². The fourth-order valence-corrected chi connectivity index (χ4v) is 1.17. The summed E-state index contributed by atoms with van der Waals surface area (Å²) in [6, 6.07) is 6.35. The molecule has 0 saturated carbocycles. The first-order valence-corrected chi connectivity index (χ1v) is 4.89. The van der Waals surface area contributed by atoms with Gasteiger partial charge in [0.05, 0.1) is 6.42 Å². The Balaban J connectivity index is 2.57. The quantitative estimate of drug-likeness (QED) is 0.719. The zero-order valence-electron chi connectivity index (χ0n) is 8.31. The molecular weight excluding hydrogens is 232 g/mol. The average molecular weight is 243 g/mol. The molecule has 1 atom stereocenters. The Morgan fingerprint density at radius 3 is 2.44 bits per heavy atom. The SMILES string of the molecule is NC(=O)CC(O)C(=O)Nc1ccc(Cl)cc1. The molecule has 0 aliphatic rings. The van der Waals surface area contributed by atoms with E-state index < -0.39 is 24.3 Å². The molecule has 1 unspecified atom stereocenters. The summed E-state index contributed by atoms with van der Waals surface area (Å²) < 4.78 is 0. The second kappa shape index (κ2) is 5.48. The van der Waals surface area contributed by atoms with Crippen LogP contribution in [0.4, 0.5) is 5.69 Å². The lowest BCUT2D eigenvalue weighted by Gasteiger charge is -2.09. The van der Waals surface area contributed by atoms with Crippen molar-refractivity contribution in [2.24, 2.45) is 5.73 Å². The van der Waals surface area contributed by atoms with E-state index in [9.17, 15) is 14.7 Å². The van der Waals surface area contributed by atoms with E-state index in [1.807, 2.05) is 0 Å². The summed E-state index contributed by atoms with van der Waals surface area (Å²) in [5, 5.41) is 12.2. The molecule has 0 radical (unpaired) electrons. The van der Waals surface area contributed by atoms with Gasteiger partial charge in [0.25, 0.3) is 5.91 Å². The van der Waals surface area contributed by atoms with Gasteiger partial charge in [-0.2, -0.15) is 0 Å². The van der Waals surface area contributed by atoms with Gasteiger partial charge in [-0.15, -0.1) is 0 Å². The lowest BCUT2D eigenvalue weighted by atomic mass is 10.2. The highest BCUT2D eigenvalue weighted by atomic mass is 35.5. The van der Waals surface area contributed by atoms with Crippen LogP contribution in [-0.4, -0.2) is 23.0 Å². The molecule has 6 heteroatoms. The minimum Gasteiger partial charge on any atom is -0.383 e. The summed E-state index contributed by atoms with van der Waals surface area (Å²) in [7, 11) is 0. The molecule has 1 rings (SSSR count). The van der Waals surface area contributed by atoms with Gasteiger partial charge in [-0.05, 0) is 24.3 Å². The van der Waals surface area contributed by atoms with E-state index >= 15 is 0 Å². The van der Waals surface area contributed by atoms with Crippen LogP contribution in [0.25, 0.3) is 0 Å². The standard InChI is InChI=1S/C10H11ClN2O3/c11-6-1-3-7(4-2-6)13-10(16)8(14)5-9(12)15/h1-4,8,14H,5H2,(H2,12,15)(H,13,16). The second-order valence-electron chi connectivity index (χ2n) is 3.18. The summed E-state index contributed by atoms with van der Waals surface area (Å²) in [6.07, 6.45) is -1.84. The smallest absolute Gasteiger partial charge is 0.253 e. The molecule has 1 aromatic carbocycles. The van der Waals surface area contributed by atoms with Gasteiger partial charge in [-0.25, -0.2) is 0 Å². The number of primary amides is 1. The predicted octanol–water partition coefficient (Wildman–Crippen LogP) is 0.515. The molecule has 0 aromatic heterocycles. The maximum absolute atomic E-state index is 11.3. The van der Waals surface area contributed by atoms with Crippen molar-refractivity contribution in [1.29, 1.82) is 0 Å². The number of hydrogen-bond donors (Lipinski definition) is 3. The Labute approximate surface area is 97.2 Å². The summed E-state index contributed by atoms with van der Waals surface area (Å²) >= 11 is 5.66. The minimum absolute atomic E-state index is 0.403. The predicted molar refractivity (Wildman–Crippen MR) is 59.9 cm³/mol. The van der Waals surface area contributed by atoms with E-state index in [-0.39, 0.29) is 0 Å². The number of nitrogens with two attached hydrogens (primary N) is 1. The van der Waals surface area contributed by atoms with Crippen LogP contribution in [-0.2, 0) is 9.59 Å². The summed E-state index contributed by atoms with van der Waals surface area (Å²) in [4.78, 5) is 21.8. The number of halogens is 1. The van der Waals surface area contributed by atoms with E-state index in [2.05, 4.69) is 5.32 Å². The number of carbonyl (C=O) groups is 2. The van der Waals surface area contributed by atoms with Crippen molar-refractivity contribution in [2.45, 2.75) is 12.5 Å². The molecule has 0 aliphatic heterocycles. The van der Waals surface area contributed by atoms with E-state index in [4.69, 9.17) is 17.3 Å². The van der Waals surface area contributed by atoms with Crippen LogP contribution in [0.2, 0.25) is 5.02 Å². The highest BCUT2D eigenvalue weighted by Crippen LogP contribution is 2.13. The highest BCUT2D eigenvalue weighted by molar-refractivity contribution is 6.30. The van der Waals surface area contributed by atoms with E-state index in [0.717, 1.165) is 0 Å². The molecule has 0 fully saturated rings. The molecular formula is C10H11ClN2O3. The van der Waals surface area contributed by atoms with Crippen molar-refractivity contribution in [3.05, 3.63) is 29.3 Å². The molecule has 16 heavy (non-hydrogen) atoms. The maximum atomic E-state index is 11.3. The Morgan fingerprint density at radius 1 is 1.38 bits per heavy atom. The summed E-state index contributed by atoms with van der Waals surface area (Å²) in [5.74, 6) is -1.42. The van der Waals surface area contributed by atoms with E-state index in [0.29, 0.717) is 10.7 Å². The van der Waals surface area contributed by atoms with Crippen molar-refractivity contribution < 1.29 is 14.7 Å². The Hall–Kier alpha value is -1.59. The fraction of sp³-hybridized carbons (Fsp3) is 0.200. The van der Waals surface area contributed by atoms with Gasteiger partial charge in [-0.1, -0.05) is 11.6 Å². The first kappa shape index (κ1) is 12.5. The molecule has 0 bridgehead atoms. The Morgan fingerprint density at radius 2 is 1.94 bits per heavy atom. The second-order valence-corrected chi connectivity index (χ2v) is 3.62. The normalized spacial score (nSPS) is 11.9. The van der Waals surface area contributed by atoms with Gasteiger partial charge in [-0.3, -0.25) is 9.59 Å². The number of benzene rings is 1. The molecule has 86 valence electrons. The maximum Gasteiger partial charge on any atom is 0.253 e. The number of anilines is 1. The van der Waals surface area contributed by atoms with Crippen molar-refractivity contribution in [3.8, 4) is 0 Å². The Kier molecular flexibility index (Phi) is 4.28. The first-order valence-electron chi connectivity index (χ1n) is 4.52. The number of aliphatic hydroxyl groups excluding tert-OH is 1. The van der Waals surface area contributed by atoms with Gasteiger partial charge >= 0.3 is 0 Å². The molecule has 2 amide bonds. The third-order valence-electron chi connectivity index (χ3n) is 1.81. The van der Waals surface area contributed by atoms with Gasteiger partial charge in [0.1, 0.15) is 6.10 Å².